The van der Waals surface area contributed by atoms with Gasteiger partial charge in [-0.15, -0.1) is 0 Å². The zero-order valence-electron chi connectivity index (χ0n) is 11.1. The van der Waals surface area contributed by atoms with E-state index in [1.807, 2.05) is 0 Å². The third-order valence-electron chi connectivity index (χ3n) is 2.49. The van der Waals surface area contributed by atoms with Crippen LogP contribution in [0.25, 0.3) is 0 Å². The highest BCUT2D eigenvalue weighted by atomic mass is 32.2. The Morgan fingerprint density at radius 1 is 1.32 bits per heavy atom. The first kappa shape index (κ1) is 15.4. The Kier molecular flexibility index (Phi) is 5.31. The third-order valence-corrected chi connectivity index (χ3v) is 4.36. The molecule has 0 aliphatic heterocycles. The maximum atomic E-state index is 12.0. The Morgan fingerprint density at radius 3 is 2.21 bits per heavy atom. The molecule has 0 amide bonds. The van der Waals surface area contributed by atoms with Crippen LogP contribution in [-0.2, 0) is 10.0 Å². The topological polar surface area (TPSA) is 116 Å². The van der Waals surface area contributed by atoms with Crippen molar-refractivity contribution >= 4 is 16.0 Å². The van der Waals surface area contributed by atoms with Crippen molar-refractivity contribution in [1.29, 1.82) is 0 Å². The molecule has 1 heterocycles. The third kappa shape index (κ3) is 3.93. The van der Waals surface area contributed by atoms with E-state index in [0.717, 1.165) is 0 Å². The number of nitrogens with one attached hydrogen (secondary N) is 1. The zero-order valence-corrected chi connectivity index (χ0v) is 11.9. The van der Waals surface area contributed by atoms with Gasteiger partial charge in [-0.05, 0) is 6.42 Å². The number of nitrogens with zero attached hydrogens (tertiary/aromatic N) is 2. The van der Waals surface area contributed by atoms with Gasteiger partial charge in [0, 0.05) is 6.54 Å². The molecule has 0 bridgehead atoms. The first-order valence-electron chi connectivity index (χ1n) is 5.65. The maximum Gasteiger partial charge on any atom is 0.243 e. The Hall–Kier alpha value is -1.61. The molecule has 1 unspecified atom stereocenters. The Bertz CT molecular complexity index is 494. The van der Waals surface area contributed by atoms with Gasteiger partial charge in [0.2, 0.25) is 27.7 Å². The minimum Gasteiger partial charge on any atom is -0.481 e. The van der Waals surface area contributed by atoms with Crippen molar-refractivity contribution in [2.45, 2.75) is 18.6 Å². The van der Waals surface area contributed by atoms with Crippen molar-refractivity contribution in [2.24, 2.45) is 5.73 Å². The van der Waals surface area contributed by atoms with Gasteiger partial charge in [0.25, 0.3) is 0 Å². The molecule has 19 heavy (non-hydrogen) atoms. The van der Waals surface area contributed by atoms with Crippen molar-refractivity contribution in [3.05, 3.63) is 6.07 Å². The van der Waals surface area contributed by atoms with Gasteiger partial charge in [0.1, 0.15) is 0 Å². The fourth-order valence-electron chi connectivity index (χ4n) is 1.38. The average Bonchev–Trinajstić information content (AvgIpc) is 2.38. The molecule has 3 N–H and O–H groups in total. The largest absolute Gasteiger partial charge is 0.481 e. The summed E-state index contributed by atoms with van der Waals surface area (Å²) in [6, 6.07) is 1.44. The SMILES string of the molecule is CCC(CN)S(=O)(=O)Nc1nc(OC)cc(OC)n1. The van der Waals surface area contributed by atoms with Crippen LogP contribution in [0.1, 0.15) is 13.3 Å². The second-order valence-electron chi connectivity index (χ2n) is 3.69. The van der Waals surface area contributed by atoms with Crippen LogP contribution in [0, 0.1) is 0 Å². The van der Waals surface area contributed by atoms with Crippen molar-refractivity contribution in [3.63, 3.8) is 0 Å². The van der Waals surface area contributed by atoms with Gasteiger partial charge in [0.05, 0.1) is 25.5 Å². The second kappa shape index (κ2) is 6.53. The quantitative estimate of drug-likeness (QED) is 0.724. The van der Waals surface area contributed by atoms with Crippen LogP contribution in [0.2, 0.25) is 0 Å². The summed E-state index contributed by atoms with van der Waals surface area (Å²) in [6.07, 6.45) is 0.396. The van der Waals surface area contributed by atoms with E-state index in [4.69, 9.17) is 15.2 Å². The number of hydrogen-bond donors (Lipinski definition) is 2. The molecule has 0 saturated carbocycles. The smallest absolute Gasteiger partial charge is 0.243 e. The molecule has 0 aliphatic rings. The van der Waals surface area contributed by atoms with E-state index >= 15 is 0 Å². The van der Waals surface area contributed by atoms with Crippen molar-refractivity contribution in [2.75, 3.05) is 25.5 Å². The number of nitrogens with two attached hydrogens (primary N) is 1. The fraction of sp³-hybridized carbons (Fsp3) is 0.600. The monoisotopic (exact) mass is 290 g/mol. The van der Waals surface area contributed by atoms with Crippen LogP contribution >= 0.6 is 0 Å². The van der Waals surface area contributed by atoms with Crippen molar-refractivity contribution in [1.82, 2.24) is 9.97 Å². The first-order chi connectivity index (χ1) is 8.96. The molecular formula is C10H18N4O4S. The van der Waals surface area contributed by atoms with E-state index in [1.165, 1.54) is 20.3 Å². The normalized spacial score (nSPS) is 12.8. The van der Waals surface area contributed by atoms with E-state index in [0.29, 0.717) is 6.42 Å². The molecule has 1 aromatic rings. The lowest BCUT2D eigenvalue weighted by molar-refractivity contribution is 0.373. The van der Waals surface area contributed by atoms with Crippen LogP contribution in [0.5, 0.6) is 11.8 Å². The van der Waals surface area contributed by atoms with Gasteiger partial charge in [-0.1, -0.05) is 6.92 Å². The molecule has 0 fully saturated rings. The summed E-state index contributed by atoms with van der Waals surface area (Å²) in [5.41, 5.74) is 5.43. The lowest BCUT2D eigenvalue weighted by atomic mass is 10.3. The number of sulfonamides is 1. The first-order valence-corrected chi connectivity index (χ1v) is 7.20. The molecule has 8 nitrogen and oxygen atoms in total. The standard InChI is InChI=1S/C10H18N4O4S/c1-4-7(6-11)19(15,16)14-10-12-8(17-2)5-9(13-10)18-3/h5,7H,4,6,11H2,1-3H3,(H,12,13,14). The predicted octanol–water partition coefficient (Wildman–Crippen LogP) is -0.0272. The molecule has 1 rings (SSSR count). The van der Waals surface area contributed by atoms with Crippen LogP contribution in [-0.4, -0.2) is 44.4 Å². The summed E-state index contributed by atoms with van der Waals surface area (Å²) in [5, 5.41) is -0.701. The van der Waals surface area contributed by atoms with Gasteiger partial charge in [-0.25, -0.2) is 8.42 Å². The van der Waals surface area contributed by atoms with E-state index in [-0.39, 0.29) is 24.3 Å². The molecule has 0 saturated heterocycles. The minimum atomic E-state index is -3.64. The summed E-state index contributed by atoms with van der Waals surface area (Å²) in [4.78, 5) is 7.78. The number of hydrogen-bond acceptors (Lipinski definition) is 7. The summed E-state index contributed by atoms with van der Waals surface area (Å²) in [5.74, 6) is 0.291. The molecular weight excluding hydrogens is 272 g/mol. The number of methoxy groups -OCH3 is 2. The molecule has 0 radical (unpaired) electrons. The summed E-state index contributed by atoms with van der Waals surface area (Å²) in [7, 11) is -0.814. The average molecular weight is 290 g/mol. The van der Waals surface area contributed by atoms with Gasteiger partial charge >= 0.3 is 0 Å². The molecule has 9 heteroatoms. The summed E-state index contributed by atoms with van der Waals surface area (Å²) in [6.45, 7) is 1.76. The molecule has 108 valence electrons. The van der Waals surface area contributed by atoms with Gasteiger partial charge < -0.3 is 15.2 Å². The van der Waals surface area contributed by atoms with Crippen molar-refractivity contribution in [3.8, 4) is 11.8 Å². The van der Waals surface area contributed by atoms with Gasteiger partial charge in [-0.2, -0.15) is 9.97 Å². The van der Waals surface area contributed by atoms with E-state index < -0.39 is 15.3 Å². The lowest BCUT2D eigenvalue weighted by Gasteiger charge is -2.14. The summed E-state index contributed by atoms with van der Waals surface area (Å²) >= 11 is 0. The zero-order chi connectivity index (χ0) is 14.5. The number of aromatic nitrogens is 2. The van der Waals surface area contributed by atoms with Crippen LogP contribution in [0.4, 0.5) is 5.95 Å². The minimum absolute atomic E-state index is 0.0208. The number of anilines is 1. The molecule has 1 aromatic heterocycles. The molecule has 0 spiro atoms. The van der Waals surface area contributed by atoms with Crippen LogP contribution in [0.3, 0.4) is 0 Å². The number of rotatable bonds is 7. The van der Waals surface area contributed by atoms with E-state index in [2.05, 4.69) is 14.7 Å². The summed E-state index contributed by atoms with van der Waals surface area (Å²) < 4.78 is 36.2. The van der Waals surface area contributed by atoms with Crippen molar-refractivity contribution < 1.29 is 17.9 Å². The maximum absolute atomic E-state index is 12.0. The highest BCUT2D eigenvalue weighted by Crippen LogP contribution is 2.19. The van der Waals surface area contributed by atoms with Gasteiger partial charge in [0.15, 0.2) is 0 Å². The fourth-order valence-corrected chi connectivity index (χ4v) is 2.59. The predicted molar refractivity (Wildman–Crippen MR) is 70.8 cm³/mol. The Balaban J connectivity index is 3.04. The molecule has 0 aromatic carbocycles. The lowest BCUT2D eigenvalue weighted by Crippen LogP contribution is -2.34. The number of ether oxygens (including phenoxy) is 2. The Morgan fingerprint density at radius 2 is 1.84 bits per heavy atom. The Labute approximate surface area is 112 Å². The highest BCUT2D eigenvalue weighted by Gasteiger charge is 2.23. The second-order valence-corrected chi connectivity index (χ2v) is 5.65. The van der Waals surface area contributed by atoms with E-state index in [1.54, 1.807) is 6.92 Å². The van der Waals surface area contributed by atoms with Crippen LogP contribution < -0.4 is 19.9 Å². The highest BCUT2D eigenvalue weighted by molar-refractivity contribution is 7.93. The van der Waals surface area contributed by atoms with E-state index in [9.17, 15) is 8.42 Å². The molecule has 0 aliphatic carbocycles. The van der Waals surface area contributed by atoms with Crippen LogP contribution in [0.15, 0.2) is 6.07 Å². The van der Waals surface area contributed by atoms with Gasteiger partial charge in [-0.3, -0.25) is 4.72 Å². The molecule has 1 atom stereocenters.